The molecule has 0 aliphatic carbocycles. The third kappa shape index (κ3) is 4.31. The predicted molar refractivity (Wildman–Crippen MR) is 103 cm³/mol. The van der Waals surface area contributed by atoms with Crippen LogP contribution in [0.25, 0.3) is 0 Å². The number of aromatic nitrogens is 2. The second-order valence-corrected chi connectivity index (χ2v) is 6.97. The molecular formula is C18H14ClF3N3OP. The van der Waals surface area contributed by atoms with E-state index in [1.165, 1.54) is 10.6 Å². The highest BCUT2D eigenvalue weighted by Crippen LogP contribution is 2.23. The van der Waals surface area contributed by atoms with Crippen LogP contribution in [0.3, 0.4) is 0 Å². The third-order valence-electron chi connectivity index (χ3n) is 3.86. The number of halogens is 4. The van der Waals surface area contributed by atoms with Gasteiger partial charge in [0.25, 0.3) is 0 Å². The highest BCUT2D eigenvalue weighted by atomic mass is 35.5. The Bertz CT molecular complexity index is 1060. The van der Waals surface area contributed by atoms with Crippen molar-refractivity contribution in [2.45, 2.75) is 13.5 Å². The van der Waals surface area contributed by atoms with Gasteiger partial charge in [-0.2, -0.15) is 9.37 Å². The first kappa shape index (κ1) is 19.4. The van der Waals surface area contributed by atoms with Crippen LogP contribution in [0.2, 0.25) is 5.02 Å². The van der Waals surface area contributed by atoms with Crippen molar-refractivity contribution < 1.29 is 13.2 Å². The molecule has 9 heteroatoms. The van der Waals surface area contributed by atoms with Crippen LogP contribution in [0.4, 0.5) is 24.8 Å². The Morgan fingerprint density at radius 3 is 2.59 bits per heavy atom. The molecule has 1 N–H and O–H groups in total. The zero-order valence-corrected chi connectivity index (χ0v) is 16.0. The monoisotopic (exact) mass is 411 g/mol. The molecule has 1 aromatic heterocycles. The smallest absolute Gasteiger partial charge is 0.310 e. The van der Waals surface area contributed by atoms with Crippen molar-refractivity contribution in [3.8, 4) is 0 Å². The number of rotatable bonds is 4. The quantitative estimate of drug-likeness (QED) is 0.662. The fourth-order valence-electron chi connectivity index (χ4n) is 2.53. The number of hydrogen-bond acceptors (Lipinski definition) is 3. The van der Waals surface area contributed by atoms with Crippen molar-refractivity contribution in [1.82, 2.24) is 9.55 Å². The summed E-state index contributed by atoms with van der Waals surface area (Å²) in [6.45, 7) is 1.77. The van der Waals surface area contributed by atoms with Crippen molar-refractivity contribution in [3.05, 3.63) is 80.5 Å². The normalized spacial score (nSPS) is 10.9. The van der Waals surface area contributed by atoms with Crippen LogP contribution < -0.4 is 16.2 Å². The van der Waals surface area contributed by atoms with Crippen LogP contribution in [0, 0.1) is 24.4 Å². The molecule has 1 heterocycles. The van der Waals surface area contributed by atoms with Crippen LogP contribution in [-0.2, 0) is 6.54 Å². The van der Waals surface area contributed by atoms with Crippen molar-refractivity contribution >= 4 is 37.8 Å². The largest absolute Gasteiger partial charge is 0.325 e. The van der Waals surface area contributed by atoms with Crippen molar-refractivity contribution in [1.29, 1.82) is 0 Å². The fraction of sp³-hybridized carbons (Fsp3) is 0.111. The SMILES string of the molecule is Cc1cc(Cl)ccc1Nc1nc(=O)c(F)cn1Cc1cc(F)c(F)c(P)c1. The van der Waals surface area contributed by atoms with Gasteiger partial charge in [-0.3, -0.25) is 4.79 Å². The van der Waals surface area contributed by atoms with E-state index in [9.17, 15) is 18.0 Å². The van der Waals surface area contributed by atoms with Gasteiger partial charge in [-0.25, -0.2) is 8.78 Å². The van der Waals surface area contributed by atoms with Crippen LogP contribution in [-0.4, -0.2) is 9.55 Å². The fourth-order valence-corrected chi connectivity index (χ4v) is 3.11. The summed E-state index contributed by atoms with van der Waals surface area (Å²) in [6.07, 6.45) is 0.965. The molecule has 0 radical (unpaired) electrons. The number of aryl methyl sites for hydroxylation is 1. The number of nitrogens with one attached hydrogen (secondary N) is 1. The second kappa shape index (κ2) is 7.71. The molecule has 1 unspecified atom stereocenters. The zero-order chi connectivity index (χ0) is 19.7. The Morgan fingerprint density at radius 2 is 1.93 bits per heavy atom. The summed E-state index contributed by atoms with van der Waals surface area (Å²) in [4.78, 5) is 15.4. The Kier molecular flexibility index (Phi) is 5.53. The lowest BCUT2D eigenvalue weighted by molar-refractivity contribution is 0.512. The molecule has 0 aliphatic rings. The van der Waals surface area contributed by atoms with E-state index in [0.29, 0.717) is 16.3 Å². The molecule has 0 saturated heterocycles. The van der Waals surface area contributed by atoms with Gasteiger partial charge in [0, 0.05) is 22.2 Å². The van der Waals surface area contributed by atoms with Gasteiger partial charge in [0.2, 0.25) is 11.8 Å². The standard InChI is InChI=1S/C18H14ClF3N3OP/c1-9-4-11(19)2-3-14(9)23-18-24-17(26)13(21)8-25(18)7-10-5-12(20)16(22)15(27)6-10/h2-6,8H,7,27H2,1H3,(H,23,24,26). The summed E-state index contributed by atoms with van der Waals surface area (Å²) in [5.74, 6) is -2.98. The Labute approximate surface area is 160 Å². The summed E-state index contributed by atoms with van der Waals surface area (Å²) in [5.41, 5.74) is 0.744. The lowest BCUT2D eigenvalue weighted by Crippen LogP contribution is -2.20. The number of hydrogen-bond donors (Lipinski definition) is 1. The summed E-state index contributed by atoms with van der Waals surface area (Å²) >= 11 is 5.93. The Hall–Kier alpha value is -2.37. The highest BCUT2D eigenvalue weighted by Gasteiger charge is 2.13. The van der Waals surface area contributed by atoms with Gasteiger partial charge in [0.05, 0.1) is 6.54 Å². The number of anilines is 2. The number of benzene rings is 2. The van der Waals surface area contributed by atoms with E-state index in [4.69, 9.17) is 11.6 Å². The van der Waals surface area contributed by atoms with Gasteiger partial charge >= 0.3 is 5.56 Å². The van der Waals surface area contributed by atoms with E-state index in [1.54, 1.807) is 25.1 Å². The van der Waals surface area contributed by atoms with Gasteiger partial charge in [-0.1, -0.05) is 11.6 Å². The molecule has 0 amide bonds. The molecule has 2 aromatic carbocycles. The van der Waals surface area contributed by atoms with Crippen molar-refractivity contribution in [2.24, 2.45) is 0 Å². The van der Waals surface area contributed by atoms with Crippen molar-refractivity contribution in [3.63, 3.8) is 0 Å². The Balaban J connectivity index is 2.02. The van der Waals surface area contributed by atoms with E-state index < -0.39 is 23.0 Å². The first-order valence-corrected chi connectivity index (χ1v) is 8.73. The molecule has 3 aromatic rings. The minimum Gasteiger partial charge on any atom is -0.325 e. The maximum absolute atomic E-state index is 13.8. The maximum atomic E-state index is 13.8. The first-order valence-electron chi connectivity index (χ1n) is 7.78. The van der Waals surface area contributed by atoms with Crippen LogP contribution in [0.5, 0.6) is 0 Å². The Morgan fingerprint density at radius 1 is 1.19 bits per heavy atom. The van der Waals surface area contributed by atoms with Gasteiger partial charge in [0.1, 0.15) is 0 Å². The maximum Gasteiger partial charge on any atom is 0.310 e. The molecule has 1 atom stereocenters. The van der Waals surface area contributed by atoms with Crippen molar-refractivity contribution in [2.75, 3.05) is 5.32 Å². The summed E-state index contributed by atoms with van der Waals surface area (Å²) in [7, 11) is 2.10. The lowest BCUT2D eigenvalue weighted by atomic mass is 10.2. The lowest BCUT2D eigenvalue weighted by Gasteiger charge is -2.16. The van der Waals surface area contributed by atoms with E-state index in [1.807, 2.05) is 0 Å². The summed E-state index contributed by atoms with van der Waals surface area (Å²) < 4.78 is 42.2. The molecule has 0 saturated carbocycles. The van der Waals surface area contributed by atoms with Crippen LogP contribution in [0.15, 0.2) is 41.3 Å². The van der Waals surface area contributed by atoms with Gasteiger partial charge < -0.3 is 9.88 Å². The molecule has 3 rings (SSSR count). The van der Waals surface area contributed by atoms with Gasteiger partial charge in [-0.15, -0.1) is 9.24 Å². The minimum absolute atomic E-state index is 0.0300. The van der Waals surface area contributed by atoms with Crippen LogP contribution >= 0.6 is 20.8 Å². The molecule has 0 aliphatic heterocycles. The molecule has 0 bridgehead atoms. The summed E-state index contributed by atoms with van der Waals surface area (Å²) in [6, 6.07) is 7.48. The molecule has 27 heavy (non-hydrogen) atoms. The first-order chi connectivity index (χ1) is 12.7. The van der Waals surface area contributed by atoms with Gasteiger partial charge in [-0.05, 0) is 48.4 Å². The molecule has 0 fully saturated rings. The zero-order valence-electron chi connectivity index (χ0n) is 14.1. The molecule has 4 nitrogen and oxygen atoms in total. The van der Waals surface area contributed by atoms with E-state index in [-0.39, 0.29) is 17.8 Å². The van der Waals surface area contributed by atoms with E-state index >= 15 is 0 Å². The minimum atomic E-state index is -1.05. The van der Waals surface area contributed by atoms with E-state index in [2.05, 4.69) is 19.5 Å². The second-order valence-electron chi connectivity index (χ2n) is 5.91. The molecular weight excluding hydrogens is 398 g/mol. The van der Waals surface area contributed by atoms with Crippen LogP contribution in [0.1, 0.15) is 11.1 Å². The molecule has 0 spiro atoms. The number of nitrogens with zero attached hydrogens (tertiary/aromatic N) is 2. The predicted octanol–water partition coefficient (Wildman–Crippen LogP) is 3.91. The summed E-state index contributed by atoms with van der Waals surface area (Å²) in [5, 5.41) is 3.53. The third-order valence-corrected chi connectivity index (χ3v) is 4.51. The van der Waals surface area contributed by atoms with Gasteiger partial charge in [0.15, 0.2) is 11.6 Å². The molecule has 140 valence electrons. The van der Waals surface area contributed by atoms with E-state index in [0.717, 1.165) is 17.8 Å². The topological polar surface area (TPSA) is 46.9 Å². The highest BCUT2D eigenvalue weighted by molar-refractivity contribution is 7.27. The average molecular weight is 412 g/mol. The average Bonchev–Trinajstić information content (AvgIpc) is 2.59.